The number of hydrogen-bond acceptors (Lipinski definition) is 7. The maximum absolute atomic E-state index is 13.2. The van der Waals surface area contributed by atoms with Crippen LogP contribution in [0.3, 0.4) is 0 Å². The number of anilines is 3. The number of benzene rings is 2. The number of rotatable bonds is 5. The van der Waals surface area contributed by atoms with Crippen LogP contribution in [0, 0.1) is 5.82 Å². The molecule has 3 heterocycles. The monoisotopic (exact) mass is 434 g/mol. The number of halogens is 1. The number of aromatic nitrogens is 3. The summed E-state index contributed by atoms with van der Waals surface area (Å²) in [5.41, 5.74) is 4.94. The first kappa shape index (κ1) is 19.8. The van der Waals surface area contributed by atoms with Crippen molar-refractivity contribution in [3.8, 4) is 0 Å². The Kier molecular flexibility index (Phi) is 5.48. The molecule has 0 saturated carbocycles. The normalized spacial score (nSPS) is 15.9. The van der Waals surface area contributed by atoms with Gasteiger partial charge in [0, 0.05) is 44.0 Å². The Morgan fingerprint density at radius 2 is 1.77 bits per heavy atom. The number of fused-ring (bicyclic) bond motifs is 1. The van der Waals surface area contributed by atoms with Crippen molar-refractivity contribution in [1.82, 2.24) is 19.9 Å². The predicted octanol–water partition coefficient (Wildman–Crippen LogP) is 4.85. The second kappa shape index (κ2) is 8.56. The van der Waals surface area contributed by atoms with Crippen molar-refractivity contribution >= 4 is 38.9 Å². The highest BCUT2D eigenvalue weighted by molar-refractivity contribution is 7.16. The van der Waals surface area contributed by atoms with Gasteiger partial charge in [-0.05, 0) is 42.8 Å². The lowest BCUT2D eigenvalue weighted by Gasteiger charge is -2.38. The van der Waals surface area contributed by atoms with E-state index in [9.17, 15) is 4.39 Å². The summed E-state index contributed by atoms with van der Waals surface area (Å²) in [6.07, 6.45) is 1.60. The molecule has 2 aromatic carbocycles. The van der Waals surface area contributed by atoms with E-state index in [1.807, 2.05) is 35.8 Å². The summed E-state index contributed by atoms with van der Waals surface area (Å²) in [5, 5.41) is 3.36. The summed E-state index contributed by atoms with van der Waals surface area (Å²) in [5.74, 6) is 1.49. The van der Waals surface area contributed by atoms with E-state index in [0.717, 1.165) is 54.6 Å². The number of piperazine rings is 1. The van der Waals surface area contributed by atoms with Gasteiger partial charge < -0.3 is 10.2 Å². The van der Waals surface area contributed by atoms with Crippen molar-refractivity contribution in [2.24, 2.45) is 0 Å². The third-order valence-corrected chi connectivity index (χ3v) is 6.60. The zero-order valence-electron chi connectivity index (χ0n) is 17.2. The van der Waals surface area contributed by atoms with E-state index < -0.39 is 0 Å². The van der Waals surface area contributed by atoms with Crippen LogP contribution in [0.2, 0.25) is 0 Å². The number of nitrogens with zero attached hydrogens (tertiary/aromatic N) is 5. The van der Waals surface area contributed by atoms with Crippen LogP contribution in [0.1, 0.15) is 18.5 Å². The van der Waals surface area contributed by atoms with Gasteiger partial charge in [-0.2, -0.15) is 0 Å². The molecule has 1 aliphatic heterocycles. The first-order valence-electron chi connectivity index (χ1n) is 10.3. The van der Waals surface area contributed by atoms with E-state index in [2.05, 4.69) is 43.1 Å². The van der Waals surface area contributed by atoms with Crippen LogP contribution in [-0.2, 0) is 0 Å². The summed E-state index contributed by atoms with van der Waals surface area (Å²) in [6.45, 7) is 5.78. The highest BCUT2D eigenvalue weighted by Gasteiger charge is 2.23. The van der Waals surface area contributed by atoms with Crippen LogP contribution < -0.4 is 10.2 Å². The van der Waals surface area contributed by atoms with Gasteiger partial charge in [0.15, 0.2) is 0 Å². The zero-order valence-corrected chi connectivity index (χ0v) is 18.0. The second-order valence-corrected chi connectivity index (χ2v) is 8.56. The molecule has 6 nitrogen and oxygen atoms in total. The van der Waals surface area contributed by atoms with Gasteiger partial charge in [-0.25, -0.2) is 19.3 Å². The molecular weight excluding hydrogens is 411 g/mol. The molecule has 0 aliphatic carbocycles. The molecule has 8 heteroatoms. The fourth-order valence-corrected chi connectivity index (χ4v) is 4.62. The van der Waals surface area contributed by atoms with Crippen LogP contribution in [-0.4, -0.2) is 46.0 Å². The van der Waals surface area contributed by atoms with Crippen LogP contribution in [0.5, 0.6) is 0 Å². The number of nitrogens with one attached hydrogen (secondary N) is 1. The minimum absolute atomic E-state index is 0.194. The van der Waals surface area contributed by atoms with E-state index in [1.165, 1.54) is 16.8 Å². The summed E-state index contributed by atoms with van der Waals surface area (Å²) in [7, 11) is 0. The molecule has 4 aromatic rings. The first-order chi connectivity index (χ1) is 15.2. The van der Waals surface area contributed by atoms with Gasteiger partial charge in [-0.1, -0.05) is 12.1 Å². The van der Waals surface area contributed by atoms with E-state index in [-0.39, 0.29) is 11.9 Å². The molecule has 1 atom stereocenters. The molecule has 1 aliphatic rings. The van der Waals surface area contributed by atoms with Gasteiger partial charge in [0.05, 0.1) is 15.7 Å². The van der Waals surface area contributed by atoms with Gasteiger partial charge in [-0.15, -0.1) is 11.3 Å². The molecule has 0 unspecified atom stereocenters. The Morgan fingerprint density at radius 1 is 0.968 bits per heavy atom. The highest BCUT2D eigenvalue weighted by atomic mass is 32.1. The van der Waals surface area contributed by atoms with Gasteiger partial charge in [0.25, 0.3) is 0 Å². The van der Waals surface area contributed by atoms with Crippen LogP contribution in [0.4, 0.5) is 21.7 Å². The average Bonchev–Trinajstić information content (AvgIpc) is 3.27. The summed E-state index contributed by atoms with van der Waals surface area (Å²) in [4.78, 5) is 17.9. The quantitative estimate of drug-likeness (QED) is 0.485. The Hall–Kier alpha value is -3.10. The fraction of sp³-hybridized carbons (Fsp3) is 0.261. The molecule has 1 fully saturated rings. The third-order valence-electron chi connectivity index (χ3n) is 5.79. The van der Waals surface area contributed by atoms with Crippen LogP contribution in [0.15, 0.2) is 60.4 Å². The number of thiazole rings is 1. The predicted molar refractivity (Wildman–Crippen MR) is 124 cm³/mol. The lowest BCUT2D eigenvalue weighted by Crippen LogP contribution is -2.47. The molecule has 158 valence electrons. The molecule has 1 N–H and O–H groups in total. The molecule has 0 amide bonds. The third kappa shape index (κ3) is 4.35. The van der Waals surface area contributed by atoms with Crippen molar-refractivity contribution in [3.05, 3.63) is 71.7 Å². The molecular formula is C23H23FN6S. The molecule has 1 saturated heterocycles. The fourth-order valence-electron chi connectivity index (χ4n) is 3.96. The summed E-state index contributed by atoms with van der Waals surface area (Å²) >= 11 is 1.63. The minimum atomic E-state index is -0.194. The van der Waals surface area contributed by atoms with Gasteiger partial charge >= 0.3 is 0 Å². The second-order valence-electron chi connectivity index (χ2n) is 7.67. The van der Waals surface area contributed by atoms with E-state index in [0.29, 0.717) is 0 Å². The molecule has 5 rings (SSSR count). The number of hydrogen-bond donors (Lipinski definition) is 1. The van der Waals surface area contributed by atoms with Crippen molar-refractivity contribution < 1.29 is 4.39 Å². The Labute approximate surface area is 184 Å². The van der Waals surface area contributed by atoms with Gasteiger partial charge in [0.1, 0.15) is 23.8 Å². The van der Waals surface area contributed by atoms with Crippen LogP contribution >= 0.6 is 11.3 Å². The smallest absolute Gasteiger partial charge is 0.135 e. The first-order valence-corrected chi connectivity index (χ1v) is 11.2. The van der Waals surface area contributed by atoms with Crippen molar-refractivity contribution in [3.63, 3.8) is 0 Å². The summed E-state index contributed by atoms with van der Waals surface area (Å²) in [6, 6.07) is 15.2. The van der Waals surface area contributed by atoms with E-state index in [1.54, 1.807) is 17.7 Å². The molecule has 31 heavy (non-hydrogen) atoms. The minimum Gasteiger partial charge on any atom is -0.354 e. The lowest BCUT2D eigenvalue weighted by atomic mass is 10.1. The largest absolute Gasteiger partial charge is 0.354 e. The molecule has 2 aromatic heterocycles. The summed E-state index contributed by atoms with van der Waals surface area (Å²) < 4.78 is 14.4. The van der Waals surface area contributed by atoms with Crippen molar-refractivity contribution in [1.29, 1.82) is 0 Å². The maximum atomic E-state index is 13.2. The Morgan fingerprint density at radius 3 is 2.58 bits per heavy atom. The Bertz CT molecular complexity index is 1170. The van der Waals surface area contributed by atoms with Gasteiger partial charge in [0.2, 0.25) is 0 Å². The van der Waals surface area contributed by atoms with E-state index in [4.69, 9.17) is 0 Å². The molecule has 0 radical (unpaired) electrons. The van der Waals surface area contributed by atoms with Crippen molar-refractivity contribution in [2.45, 2.75) is 13.0 Å². The van der Waals surface area contributed by atoms with Gasteiger partial charge in [-0.3, -0.25) is 4.90 Å². The Balaban J connectivity index is 1.23. The zero-order chi connectivity index (χ0) is 21.2. The van der Waals surface area contributed by atoms with Crippen molar-refractivity contribution in [2.75, 3.05) is 36.4 Å². The maximum Gasteiger partial charge on any atom is 0.135 e. The van der Waals surface area contributed by atoms with Crippen LogP contribution in [0.25, 0.3) is 10.2 Å². The standard InChI is InChI=1S/C23H23FN6S/c1-16(17-2-4-18(24)5-3-17)29-8-10-30(11-9-29)23-13-22(25-14-26-23)28-19-6-7-21-20(12-19)27-15-31-21/h2-7,12-16H,8-11H2,1H3,(H,25,26,28)/t16-/m0/s1. The average molecular weight is 435 g/mol. The highest BCUT2D eigenvalue weighted by Crippen LogP contribution is 2.26. The molecule has 0 spiro atoms. The lowest BCUT2D eigenvalue weighted by molar-refractivity contribution is 0.198. The SMILES string of the molecule is C[C@@H](c1ccc(F)cc1)N1CCN(c2cc(Nc3ccc4scnc4c3)ncn2)CC1. The molecule has 0 bridgehead atoms. The van der Waals surface area contributed by atoms with E-state index >= 15 is 0 Å². The topological polar surface area (TPSA) is 57.2 Å².